The zero-order chi connectivity index (χ0) is 18.6. The molecular formula is C20H16N4O3. The Hall–Kier alpha value is -3.74. The van der Waals surface area contributed by atoms with E-state index in [1.165, 1.54) is 4.80 Å². The molecule has 1 unspecified atom stereocenters. The van der Waals surface area contributed by atoms with E-state index in [0.29, 0.717) is 17.5 Å². The van der Waals surface area contributed by atoms with Crippen LogP contribution in [0.15, 0.2) is 82.3 Å². The summed E-state index contributed by atoms with van der Waals surface area (Å²) in [7, 11) is 0. The van der Waals surface area contributed by atoms with E-state index in [9.17, 15) is 9.59 Å². The number of carbonyl (C=O) groups is 1. The fourth-order valence-corrected chi connectivity index (χ4v) is 2.88. The van der Waals surface area contributed by atoms with Crippen molar-refractivity contribution < 1.29 is 9.21 Å². The first kappa shape index (κ1) is 16.7. The van der Waals surface area contributed by atoms with Crippen LogP contribution in [0.5, 0.6) is 0 Å². The van der Waals surface area contributed by atoms with Crippen molar-refractivity contribution in [3.05, 3.63) is 94.6 Å². The van der Waals surface area contributed by atoms with Crippen molar-refractivity contribution in [2.75, 3.05) is 0 Å². The number of hydrogen-bond donors (Lipinski definition) is 1. The molecule has 4 aromatic rings. The van der Waals surface area contributed by atoms with Crippen LogP contribution in [0, 0.1) is 0 Å². The third-order valence-electron chi connectivity index (χ3n) is 4.21. The maximum Gasteiger partial charge on any atom is 0.349 e. The molecule has 0 radical (unpaired) electrons. The van der Waals surface area contributed by atoms with E-state index in [2.05, 4.69) is 15.5 Å². The van der Waals surface area contributed by atoms with Gasteiger partial charge in [-0.1, -0.05) is 48.5 Å². The maximum absolute atomic E-state index is 12.8. The van der Waals surface area contributed by atoms with E-state index in [1.807, 2.05) is 36.4 Å². The van der Waals surface area contributed by atoms with Crippen molar-refractivity contribution in [1.82, 2.24) is 20.3 Å². The number of rotatable bonds is 5. The van der Waals surface area contributed by atoms with Gasteiger partial charge in [0.2, 0.25) is 0 Å². The van der Waals surface area contributed by atoms with Gasteiger partial charge in [0.15, 0.2) is 0 Å². The van der Waals surface area contributed by atoms with Gasteiger partial charge in [-0.05, 0) is 17.7 Å². The Morgan fingerprint density at radius 3 is 2.52 bits per heavy atom. The van der Waals surface area contributed by atoms with Crippen LogP contribution in [0.1, 0.15) is 22.0 Å². The van der Waals surface area contributed by atoms with Crippen LogP contribution in [0.4, 0.5) is 0 Å². The van der Waals surface area contributed by atoms with E-state index in [4.69, 9.17) is 4.42 Å². The largest absolute Gasteiger partial charge is 0.422 e. The van der Waals surface area contributed by atoms with Gasteiger partial charge in [0, 0.05) is 5.39 Å². The lowest BCUT2D eigenvalue weighted by molar-refractivity contribution is 0.0927. The van der Waals surface area contributed by atoms with Crippen LogP contribution >= 0.6 is 0 Å². The second kappa shape index (κ2) is 7.25. The van der Waals surface area contributed by atoms with Crippen LogP contribution in [0.25, 0.3) is 11.0 Å². The molecule has 0 saturated carbocycles. The SMILES string of the molecule is O=C(NC(Cn1nccn1)c1ccccc1)c1cc2ccccc2oc1=O. The maximum atomic E-state index is 12.8. The van der Waals surface area contributed by atoms with Gasteiger partial charge in [-0.3, -0.25) is 4.79 Å². The summed E-state index contributed by atoms with van der Waals surface area (Å²) in [5.74, 6) is -0.504. The molecule has 2 aromatic heterocycles. The monoisotopic (exact) mass is 360 g/mol. The van der Waals surface area contributed by atoms with Crippen molar-refractivity contribution in [3.63, 3.8) is 0 Å². The first-order chi connectivity index (χ1) is 13.2. The molecule has 4 rings (SSSR count). The Morgan fingerprint density at radius 2 is 1.74 bits per heavy atom. The molecule has 134 valence electrons. The predicted octanol–water partition coefficient (Wildman–Crippen LogP) is 2.56. The third kappa shape index (κ3) is 3.62. The fourth-order valence-electron chi connectivity index (χ4n) is 2.88. The molecule has 1 N–H and O–H groups in total. The molecular weight excluding hydrogens is 344 g/mol. The minimum atomic E-state index is -0.671. The molecule has 0 fully saturated rings. The fraction of sp³-hybridized carbons (Fsp3) is 0.100. The summed E-state index contributed by atoms with van der Waals surface area (Å²) in [4.78, 5) is 26.5. The number of hydrogen-bond acceptors (Lipinski definition) is 5. The van der Waals surface area contributed by atoms with Crippen LogP contribution in [-0.2, 0) is 6.54 Å². The summed E-state index contributed by atoms with van der Waals surface area (Å²) in [5, 5.41) is 11.8. The van der Waals surface area contributed by atoms with E-state index in [0.717, 1.165) is 5.56 Å². The number of nitrogens with zero attached hydrogens (tertiary/aromatic N) is 3. The first-order valence-electron chi connectivity index (χ1n) is 8.43. The van der Waals surface area contributed by atoms with E-state index in [-0.39, 0.29) is 5.56 Å². The molecule has 1 atom stereocenters. The minimum Gasteiger partial charge on any atom is -0.422 e. The molecule has 27 heavy (non-hydrogen) atoms. The molecule has 0 aliphatic heterocycles. The van der Waals surface area contributed by atoms with Crippen molar-refractivity contribution >= 4 is 16.9 Å². The van der Waals surface area contributed by atoms with Gasteiger partial charge in [0.25, 0.3) is 5.91 Å². The number of para-hydroxylation sites is 1. The standard InChI is InChI=1S/C20H16N4O3/c25-19(16-12-15-8-4-5-9-18(15)27-20(16)26)23-17(13-24-21-10-11-22-24)14-6-2-1-3-7-14/h1-12,17H,13H2,(H,23,25). The molecule has 2 heterocycles. The number of amides is 1. The zero-order valence-corrected chi connectivity index (χ0v) is 14.3. The molecule has 0 aliphatic rings. The van der Waals surface area contributed by atoms with Crippen molar-refractivity contribution in [2.45, 2.75) is 12.6 Å². The lowest BCUT2D eigenvalue weighted by atomic mass is 10.1. The highest BCUT2D eigenvalue weighted by Gasteiger charge is 2.20. The molecule has 7 nitrogen and oxygen atoms in total. The highest BCUT2D eigenvalue weighted by molar-refractivity contribution is 5.96. The Kier molecular flexibility index (Phi) is 4.49. The van der Waals surface area contributed by atoms with Crippen LogP contribution in [-0.4, -0.2) is 20.9 Å². The molecule has 0 spiro atoms. The van der Waals surface area contributed by atoms with Gasteiger partial charge in [-0.15, -0.1) is 0 Å². The van der Waals surface area contributed by atoms with Crippen LogP contribution in [0.3, 0.4) is 0 Å². The zero-order valence-electron chi connectivity index (χ0n) is 14.3. The van der Waals surface area contributed by atoms with E-state index in [1.54, 1.807) is 36.7 Å². The summed E-state index contributed by atoms with van der Waals surface area (Å²) in [6.07, 6.45) is 3.14. The Balaban J connectivity index is 1.65. The Morgan fingerprint density at radius 1 is 1.04 bits per heavy atom. The summed E-state index contributed by atoms with van der Waals surface area (Å²) in [6, 6.07) is 17.7. The molecule has 1 amide bonds. The lowest BCUT2D eigenvalue weighted by Crippen LogP contribution is -2.34. The second-order valence-electron chi connectivity index (χ2n) is 6.01. The van der Waals surface area contributed by atoms with E-state index >= 15 is 0 Å². The quantitative estimate of drug-likeness (QED) is 0.553. The minimum absolute atomic E-state index is 0.0388. The second-order valence-corrected chi connectivity index (χ2v) is 6.01. The number of fused-ring (bicyclic) bond motifs is 1. The average Bonchev–Trinajstić information content (AvgIpc) is 3.20. The van der Waals surface area contributed by atoms with Gasteiger partial charge in [-0.2, -0.15) is 15.0 Å². The van der Waals surface area contributed by atoms with E-state index < -0.39 is 17.6 Å². The topological polar surface area (TPSA) is 90.0 Å². The van der Waals surface area contributed by atoms with Crippen molar-refractivity contribution in [1.29, 1.82) is 0 Å². The van der Waals surface area contributed by atoms with Gasteiger partial charge in [0.05, 0.1) is 25.0 Å². The van der Waals surface area contributed by atoms with Gasteiger partial charge >= 0.3 is 5.63 Å². The molecule has 7 heteroatoms. The number of aromatic nitrogens is 3. The highest BCUT2D eigenvalue weighted by Crippen LogP contribution is 2.16. The highest BCUT2D eigenvalue weighted by atomic mass is 16.4. The number of benzene rings is 2. The van der Waals surface area contributed by atoms with Crippen LogP contribution in [0.2, 0.25) is 0 Å². The molecule has 0 aliphatic carbocycles. The third-order valence-corrected chi connectivity index (χ3v) is 4.21. The predicted molar refractivity (Wildman–Crippen MR) is 99.2 cm³/mol. The summed E-state index contributed by atoms with van der Waals surface area (Å²) in [5.41, 5.74) is 0.617. The number of carbonyl (C=O) groups excluding carboxylic acids is 1. The summed E-state index contributed by atoms with van der Waals surface area (Å²) in [6.45, 7) is 0.335. The average molecular weight is 360 g/mol. The molecule has 2 aromatic carbocycles. The molecule has 0 bridgehead atoms. The lowest BCUT2D eigenvalue weighted by Gasteiger charge is -2.18. The smallest absolute Gasteiger partial charge is 0.349 e. The normalized spacial score (nSPS) is 12.0. The summed E-state index contributed by atoms with van der Waals surface area (Å²) < 4.78 is 5.26. The number of nitrogens with one attached hydrogen (secondary N) is 1. The first-order valence-corrected chi connectivity index (χ1v) is 8.43. The Labute approximate surface area is 154 Å². The molecule has 0 saturated heterocycles. The summed E-state index contributed by atoms with van der Waals surface area (Å²) >= 11 is 0. The van der Waals surface area contributed by atoms with Crippen molar-refractivity contribution in [2.24, 2.45) is 0 Å². The van der Waals surface area contributed by atoms with Crippen molar-refractivity contribution in [3.8, 4) is 0 Å². The van der Waals surface area contributed by atoms with Gasteiger partial charge in [0.1, 0.15) is 11.1 Å². The van der Waals surface area contributed by atoms with Gasteiger partial charge < -0.3 is 9.73 Å². The van der Waals surface area contributed by atoms with Gasteiger partial charge in [-0.25, -0.2) is 4.79 Å². The Bertz CT molecular complexity index is 1120. The van der Waals surface area contributed by atoms with Crippen LogP contribution < -0.4 is 10.9 Å².